The van der Waals surface area contributed by atoms with Crippen molar-refractivity contribution in [1.29, 1.82) is 0 Å². The summed E-state index contributed by atoms with van der Waals surface area (Å²) in [6.07, 6.45) is 1.53. The molecule has 2 aromatic rings. The molecule has 0 amide bonds. The fourth-order valence-electron chi connectivity index (χ4n) is 1.46. The maximum Gasteiger partial charge on any atom is 0.273 e. The smallest absolute Gasteiger partial charge is 0.273 e. The summed E-state index contributed by atoms with van der Waals surface area (Å²) in [7, 11) is 0. The lowest BCUT2D eigenvalue weighted by atomic mass is 10.2. The number of benzene rings is 1. The molecule has 0 atom stereocenters. The molecule has 0 aliphatic rings. The van der Waals surface area contributed by atoms with E-state index in [4.69, 9.17) is 10.5 Å². The molecule has 0 unspecified atom stereocenters. The van der Waals surface area contributed by atoms with Crippen molar-refractivity contribution >= 4 is 11.6 Å². The molecule has 0 spiro atoms. The second kappa shape index (κ2) is 4.89. The van der Waals surface area contributed by atoms with E-state index in [2.05, 4.69) is 9.97 Å². The van der Waals surface area contributed by atoms with Gasteiger partial charge in [0.15, 0.2) is 0 Å². The number of nitro benzene ring substituents is 1. The maximum absolute atomic E-state index is 10.7. The van der Waals surface area contributed by atoms with Crippen molar-refractivity contribution in [2.75, 3.05) is 5.73 Å². The molecule has 2 N–H and O–H groups in total. The van der Waals surface area contributed by atoms with Crippen molar-refractivity contribution in [2.45, 2.75) is 13.8 Å². The van der Waals surface area contributed by atoms with Crippen LogP contribution < -0.4 is 10.5 Å². The lowest BCUT2D eigenvalue weighted by Crippen LogP contribution is -2.00. The Morgan fingerprint density at radius 2 is 2.05 bits per heavy atom. The number of hydrogen-bond donors (Lipinski definition) is 1. The first-order chi connectivity index (χ1) is 8.97. The first kappa shape index (κ1) is 12.7. The summed E-state index contributed by atoms with van der Waals surface area (Å²) >= 11 is 0. The van der Waals surface area contributed by atoms with Gasteiger partial charge in [-0.1, -0.05) is 0 Å². The average Bonchev–Trinajstić information content (AvgIpc) is 2.36. The molecule has 0 aliphatic carbocycles. The zero-order valence-corrected chi connectivity index (χ0v) is 10.5. The number of nitrogen functional groups attached to an aromatic ring is 1. The lowest BCUT2D eigenvalue weighted by molar-refractivity contribution is -0.384. The van der Waals surface area contributed by atoms with Crippen LogP contribution in [0.15, 0.2) is 24.4 Å². The Bertz CT molecular complexity index is 643. The van der Waals surface area contributed by atoms with Gasteiger partial charge in [-0.25, -0.2) is 4.98 Å². The highest BCUT2D eigenvalue weighted by Crippen LogP contribution is 2.29. The van der Waals surface area contributed by atoms with Crippen molar-refractivity contribution in [2.24, 2.45) is 0 Å². The second-order valence-electron chi connectivity index (χ2n) is 4.03. The number of non-ortho nitro benzene ring substituents is 1. The van der Waals surface area contributed by atoms with Gasteiger partial charge in [0.05, 0.1) is 11.0 Å². The van der Waals surface area contributed by atoms with Crippen LogP contribution in [0, 0.1) is 24.0 Å². The largest absolute Gasteiger partial charge is 0.438 e. The molecule has 7 heteroatoms. The van der Waals surface area contributed by atoms with Crippen molar-refractivity contribution in [3.63, 3.8) is 0 Å². The number of rotatable bonds is 3. The number of anilines is 1. The molecule has 0 saturated carbocycles. The van der Waals surface area contributed by atoms with Crippen molar-refractivity contribution in [1.82, 2.24) is 9.97 Å². The molecule has 0 radical (unpaired) electrons. The third-order valence-corrected chi connectivity index (χ3v) is 2.53. The Kier molecular flexibility index (Phi) is 3.28. The van der Waals surface area contributed by atoms with E-state index in [-0.39, 0.29) is 17.5 Å². The molecule has 19 heavy (non-hydrogen) atoms. The van der Waals surface area contributed by atoms with E-state index >= 15 is 0 Å². The molecule has 0 saturated heterocycles. The minimum Gasteiger partial charge on any atom is -0.438 e. The number of nitrogens with zero attached hydrogens (tertiary/aromatic N) is 3. The standard InChI is InChI=1S/C12H12N4O3/c1-7-3-4-9(16(17)18)5-10(7)19-11-8(2)6-14-12(13)15-11/h3-6H,1-2H3,(H2,13,14,15). The number of nitrogens with two attached hydrogens (primary N) is 1. The van der Waals surface area contributed by atoms with Gasteiger partial charge in [0.2, 0.25) is 11.8 Å². The predicted molar refractivity (Wildman–Crippen MR) is 69.1 cm³/mol. The van der Waals surface area contributed by atoms with Crippen LogP contribution in [-0.2, 0) is 0 Å². The normalized spacial score (nSPS) is 10.2. The SMILES string of the molecule is Cc1ccc([N+](=O)[O-])cc1Oc1nc(N)ncc1C. The minimum atomic E-state index is -0.479. The summed E-state index contributed by atoms with van der Waals surface area (Å²) in [6.45, 7) is 3.56. The van der Waals surface area contributed by atoms with Gasteiger partial charge in [-0.3, -0.25) is 10.1 Å². The number of hydrogen-bond acceptors (Lipinski definition) is 6. The molecule has 1 aromatic carbocycles. The first-order valence-corrected chi connectivity index (χ1v) is 5.49. The molecule has 7 nitrogen and oxygen atoms in total. The molecule has 0 fully saturated rings. The van der Waals surface area contributed by atoms with E-state index in [0.717, 1.165) is 5.56 Å². The predicted octanol–water partition coefficient (Wildman–Crippen LogP) is 2.38. The van der Waals surface area contributed by atoms with Crippen molar-refractivity contribution in [3.05, 3.63) is 45.6 Å². The fraction of sp³-hybridized carbons (Fsp3) is 0.167. The molecule has 1 heterocycles. The van der Waals surface area contributed by atoms with Crippen LogP contribution in [0.5, 0.6) is 11.6 Å². The molecule has 2 rings (SSSR count). The van der Waals surface area contributed by atoms with E-state index in [1.807, 2.05) is 0 Å². The van der Waals surface area contributed by atoms with Crippen LogP contribution in [-0.4, -0.2) is 14.9 Å². The monoisotopic (exact) mass is 260 g/mol. The van der Waals surface area contributed by atoms with Gasteiger partial charge in [-0.05, 0) is 25.5 Å². The Balaban J connectivity index is 2.40. The van der Waals surface area contributed by atoms with Gasteiger partial charge >= 0.3 is 0 Å². The second-order valence-corrected chi connectivity index (χ2v) is 4.03. The topological polar surface area (TPSA) is 104 Å². The van der Waals surface area contributed by atoms with Gasteiger partial charge in [-0.15, -0.1) is 0 Å². The highest BCUT2D eigenvalue weighted by Gasteiger charge is 2.12. The number of ether oxygens (including phenoxy) is 1. The Morgan fingerprint density at radius 1 is 1.32 bits per heavy atom. The molecular formula is C12H12N4O3. The lowest BCUT2D eigenvalue weighted by Gasteiger charge is -2.09. The number of aromatic nitrogens is 2. The van der Waals surface area contributed by atoms with Gasteiger partial charge in [0, 0.05) is 17.8 Å². The van der Waals surface area contributed by atoms with Crippen LogP contribution >= 0.6 is 0 Å². The summed E-state index contributed by atoms with van der Waals surface area (Å²) in [5, 5.41) is 10.7. The van der Waals surface area contributed by atoms with Gasteiger partial charge in [0.25, 0.3) is 5.69 Å². The maximum atomic E-state index is 10.7. The summed E-state index contributed by atoms with van der Waals surface area (Å²) in [5.74, 6) is 0.746. The number of aryl methyl sites for hydroxylation is 2. The van der Waals surface area contributed by atoms with Crippen LogP contribution in [0.2, 0.25) is 0 Å². The summed E-state index contributed by atoms with van der Waals surface area (Å²) < 4.78 is 5.58. The average molecular weight is 260 g/mol. The van der Waals surface area contributed by atoms with Crippen LogP contribution in [0.25, 0.3) is 0 Å². The van der Waals surface area contributed by atoms with Crippen LogP contribution in [0.4, 0.5) is 11.6 Å². The van der Waals surface area contributed by atoms with E-state index in [1.54, 1.807) is 19.9 Å². The van der Waals surface area contributed by atoms with Crippen molar-refractivity contribution < 1.29 is 9.66 Å². The van der Waals surface area contributed by atoms with Gasteiger partial charge < -0.3 is 10.5 Å². The van der Waals surface area contributed by atoms with Crippen LogP contribution in [0.1, 0.15) is 11.1 Å². The zero-order valence-electron chi connectivity index (χ0n) is 10.5. The zero-order chi connectivity index (χ0) is 14.0. The fourth-order valence-corrected chi connectivity index (χ4v) is 1.46. The molecule has 1 aromatic heterocycles. The molecular weight excluding hydrogens is 248 g/mol. The van der Waals surface area contributed by atoms with E-state index in [9.17, 15) is 10.1 Å². The Hall–Kier alpha value is -2.70. The van der Waals surface area contributed by atoms with Gasteiger partial charge in [-0.2, -0.15) is 4.98 Å². The summed E-state index contributed by atoms with van der Waals surface area (Å²) in [6, 6.07) is 4.39. The Morgan fingerprint density at radius 3 is 2.74 bits per heavy atom. The third kappa shape index (κ3) is 2.76. The van der Waals surface area contributed by atoms with E-state index in [1.165, 1.54) is 18.3 Å². The Labute approximate surface area is 109 Å². The van der Waals surface area contributed by atoms with E-state index in [0.29, 0.717) is 11.3 Å². The van der Waals surface area contributed by atoms with Crippen LogP contribution in [0.3, 0.4) is 0 Å². The molecule has 98 valence electrons. The molecule has 0 aliphatic heterocycles. The minimum absolute atomic E-state index is 0.0414. The summed E-state index contributed by atoms with van der Waals surface area (Å²) in [5.41, 5.74) is 6.91. The summed E-state index contributed by atoms with van der Waals surface area (Å²) in [4.78, 5) is 18.0. The van der Waals surface area contributed by atoms with Crippen molar-refractivity contribution in [3.8, 4) is 11.6 Å². The number of nitro groups is 1. The van der Waals surface area contributed by atoms with E-state index < -0.39 is 4.92 Å². The molecule has 0 bridgehead atoms. The highest BCUT2D eigenvalue weighted by atomic mass is 16.6. The highest BCUT2D eigenvalue weighted by molar-refractivity contribution is 5.46. The quantitative estimate of drug-likeness (QED) is 0.671. The van der Waals surface area contributed by atoms with Gasteiger partial charge in [0.1, 0.15) is 5.75 Å². The third-order valence-electron chi connectivity index (χ3n) is 2.53. The first-order valence-electron chi connectivity index (χ1n) is 5.49.